The highest BCUT2D eigenvalue weighted by Gasteiger charge is 2.23. The van der Waals surface area contributed by atoms with Gasteiger partial charge in [0.1, 0.15) is 0 Å². The Kier molecular flexibility index (Phi) is 6.11. The van der Waals surface area contributed by atoms with Crippen LogP contribution < -0.4 is 5.32 Å². The van der Waals surface area contributed by atoms with Gasteiger partial charge in [0.15, 0.2) is 0 Å². The normalized spacial score (nSPS) is 19.0. The minimum Gasteiger partial charge on any atom is -0.314 e. The summed E-state index contributed by atoms with van der Waals surface area (Å²) in [7, 11) is 0. The average molecular weight is 370 g/mol. The predicted molar refractivity (Wildman–Crippen MR) is 89.4 cm³/mol. The van der Waals surface area contributed by atoms with E-state index in [9.17, 15) is 0 Å². The smallest absolute Gasteiger partial charge is 0.0477 e. The van der Waals surface area contributed by atoms with Crippen molar-refractivity contribution in [2.24, 2.45) is 0 Å². The molecule has 0 radical (unpaired) electrons. The van der Waals surface area contributed by atoms with Crippen molar-refractivity contribution < 1.29 is 0 Å². The Hall–Kier alpha value is -1.01. The molecule has 1 N–H and O–H groups in total. The summed E-state index contributed by atoms with van der Waals surface area (Å²) >= 11 is 3.49. The van der Waals surface area contributed by atoms with E-state index in [1.54, 1.807) is 0 Å². The molecule has 4 nitrogen and oxygen atoms in total. The molecule has 0 aromatic carbocycles. The number of halogens is 2. The Bertz CT molecular complexity index is 567. The fourth-order valence-corrected chi connectivity index (χ4v) is 3.04. The van der Waals surface area contributed by atoms with Gasteiger partial charge < -0.3 is 5.32 Å². The molecular formula is C15H18BrClN4. The first-order chi connectivity index (χ1) is 9.83. The molecule has 1 unspecified atom stereocenters. The Morgan fingerprint density at radius 2 is 2.05 bits per heavy atom. The minimum absolute atomic E-state index is 0. The number of nitrogens with zero attached hydrogens (tertiary/aromatic N) is 3. The Morgan fingerprint density at radius 3 is 2.81 bits per heavy atom. The lowest BCUT2D eigenvalue weighted by Crippen LogP contribution is -2.45. The van der Waals surface area contributed by atoms with Gasteiger partial charge in [-0.2, -0.15) is 0 Å². The summed E-state index contributed by atoms with van der Waals surface area (Å²) in [5.74, 6) is 0. The van der Waals surface area contributed by atoms with E-state index >= 15 is 0 Å². The van der Waals surface area contributed by atoms with Gasteiger partial charge in [-0.3, -0.25) is 14.9 Å². The van der Waals surface area contributed by atoms with Crippen LogP contribution in [-0.2, 0) is 6.54 Å². The van der Waals surface area contributed by atoms with Crippen LogP contribution in [0, 0.1) is 0 Å². The van der Waals surface area contributed by atoms with Gasteiger partial charge in [-0.1, -0.05) is 0 Å². The van der Waals surface area contributed by atoms with Crippen molar-refractivity contribution in [3.63, 3.8) is 0 Å². The fourth-order valence-electron chi connectivity index (χ4n) is 2.63. The zero-order valence-corrected chi connectivity index (χ0v) is 14.0. The topological polar surface area (TPSA) is 41.1 Å². The quantitative estimate of drug-likeness (QED) is 0.903. The van der Waals surface area contributed by atoms with Crippen molar-refractivity contribution in [3.8, 4) is 0 Å². The summed E-state index contributed by atoms with van der Waals surface area (Å²) in [5, 5.41) is 3.47. The standard InChI is InChI=1S/C15H17BrN4.ClH/c16-14-7-12(8-19-9-14)11-20-6-5-18-10-15(20)13-1-3-17-4-2-13;/h1-4,7-9,15,18H,5-6,10-11H2;1H. The van der Waals surface area contributed by atoms with Gasteiger partial charge in [0, 0.05) is 61.5 Å². The minimum atomic E-state index is 0. The second-order valence-electron chi connectivity index (χ2n) is 4.98. The van der Waals surface area contributed by atoms with E-state index in [1.165, 1.54) is 11.1 Å². The Labute approximate surface area is 139 Å². The van der Waals surface area contributed by atoms with Crippen LogP contribution in [0.5, 0.6) is 0 Å². The molecule has 1 saturated heterocycles. The van der Waals surface area contributed by atoms with Gasteiger partial charge in [-0.05, 0) is 45.3 Å². The first kappa shape index (κ1) is 16.4. The van der Waals surface area contributed by atoms with Crippen molar-refractivity contribution in [1.82, 2.24) is 20.2 Å². The second kappa shape index (κ2) is 7.84. The lowest BCUT2D eigenvalue weighted by atomic mass is 10.0. The third-order valence-electron chi connectivity index (χ3n) is 3.59. The SMILES string of the molecule is Brc1cncc(CN2CCNCC2c2ccncc2)c1.Cl. The van der Waals surface area contributed by atoms with Crippen LogP contribution >= 0.6 is 28.3 Å². The van der Waals surface area contributed by atoms with Crippen LogP contribution in [0.15, 0.2) is 47.5 Å². The van der Waals surface area contributed by atoms with Crippen LogP contribution in [0.2, 0.25) is 0 Å². The molecule has 0 saturated carbocycles. The number of rotatable bonds is 3. The van der Waals surface area contributed by atoms with E-state index in [0.29, 0.717) is 6.04 Å². The van der Waals surface area contributed by atoms with Crippen molar-refractivity contribution in [1.29, 1.82) is 0 Å². The maximum absolute atomic E-state index is 4.25. The van der Waals surface area contributed by atoms with Crippen molar-refractivity contribution >= 4 is 28.3 Å². The number of piperazine rings is 1. The molecule has 0 aliphatic carbocycles. The third-order valence-corrected chi connectivity index (χ3v) is 4.03. The van der Waals surface area contributed by atoms with Crippen molar-refractivity contribution in [2.75, 3.05) is 19.6 Å². The van der Waals surface area contributed by atoms with E-state index in [4.69, 9.17) is 0 Å². The second-order valence-corrected chi connectivity index (χ2v) is 5.90. The molecule has 0 amide bonds. The molecule has 1 aliphatic heterocycles. The van der Waals surface area contributed by atoms with E-state index in [2.05, 4.69) is 54.3 Å². The zero-order chi connectivity index (χ0) is 13.8. The molecule has 2 aromatic heterocycles. The molecule has 1 atom stereocenters. The molecular weight excluding hydrogens is 352 g/mol. The van der Waals surface area contributed by atoms with Crippen LogP contribution in [0.25, 0.3) is 0 Å². The molecule has 0 spiro atoms. The van der Waals surface area contributed by atoms with E-state index in [1.807, 2.05) is 24.8 Å². The average Bonchev–Trinajstić information content (AvgIpc) is 2.49. The molecule has 3 rings (SSSR count). The van der Waals surface area contributed by atoms with Gasteiger partial charge in [0.05, 0.1) is 0 Å². The van der Waals surface area contributed by atoms with Gasteiger partial charge in [-0.15, -0.1) is 12.4 Å². The fraction of sp³-hybridized carbons (Fsp3) is 0.333. The molecule has 3 heterocycles. The molecule has 1 aliphatic rings. The number of hydrogen-bond donors (Lipinski definition) is 1. The summed E-state index contributed by atoms with van der Waals surface area (Å²) in [4.78, 5) is 10.8. The highest BCUT2D eigenvalue weighted by atomic mass is 79.9. The van der Waals surface area contributed by atoms with Gasteiger partial charge in [0.2, 0.25) is 0 Å². The molecule has 112 valence electrons. The largest absolute Gasteiger partial charge is 0.314 e. The van der Waals surface area contributed by atoms with Crippen LogP contribution in [0.3, 0.4) is 0 Å². The molecule has 2 aromatic rings. The van der Waals surface area contributed by atoms with Gasteiger partial charge >= 0.3 is 0 Å². The van der Waals surface area contributed by atoms with E-state index in [-0.39, 0.29) is 12.4 Å². The zero-order valence-electron chi connectivity index (χ0n) is 11.6. The lowest BCUT2D eigenvalue weighted by Gasteiger charge is -2.36. The van der Waals surface area contributed by atoms with Crippen LogP contribution in [0.1, 0.15) is 17.2 Å². The van der Waals surface area contributed by atoms with Gasteiger partial charge in [0.25, 0.3) is 0 Å². The maximum Gasteiger partial charge on any atom is 0.0477 e. The first-order valence-electron chi connectivity index (χ1n) is 6.77. The first-order valence-corrected chi connectivity index (χ1v) is 7.56. The number of hydrogen-bond acceptors (Lipinski definition) is 4. The maximum atomic E-state index is 4.25. The molecule has 6 heteroatoms. The summed E-state index contributed by atoms with van der Waals surface area (Å²) in [6.07, 6.45) is 7.49. The number of aromatic nitrogens is 2. The van der Waals surface area contributed by atoms with Crippen molar-refractivity contribution in [3.05, 3.63) is 58.6 Å². The summed E-state index contributed by atoms with van der Waals surface area (Å²) in [5.41, 5.74) is 2.55. The lowest BCUT2D eigenvalue weighted by molar-refractivity contribution is 0.153. The third kappa shape index (κ3) is 4.23. The summed E-state index contributed by atoms with van der Waals surface area (Å²) in [6.45, 7) is 3.97. The van der Waals surface area contributed by atoms with E-state index in [0.717, 1.165) is 30.7 Å². The van der Waals surface area contributed by atoms with Gasteiger partial charge in [-0.25, -0.2) is 0 Å². The Balaban J connectivity index is 0.00000161. The monoisotopic (exact) mass is 368 g/mol. The predicted octanol–water partition coefficient (Wildman–Crippen LogP) is 2.81. The number of nitrogens with one attached hydrogen (secondary N) is 1. The number of pyridine rings is 2. The Morgan fingerprint density at radius 1 is 1.24 bits per heavy atom. The van der Waals surface area contributed by atoms with E-state index < -0.39 is 0 Å². The van der Waals surface area contributed by atoms with Crippen LogP contribution in [0.4, 0.5) is 0 Å². The molecule has 0 bridgehead atoms. The summed E-state index contributed by atoms with van der Waals surface area (Å²) in [6, 6.07) is 6.73. The molecule has 1 fully saturated rings. The van der Waals surface area contributed by atoms with Crippen LogP contribution in [-0.4, -0.2) is 34.5 Å². The highest BCUT2D eigenvalue weighted by molar-refractivity contribution is 9.10. The molecule has 21 heavy (non-hydrogen) atoms. The van der Waals surface area contributed by atoms with Crippen molar-refractivity contribution in [2.45, 2.75) is 12.6 Å². The highest BCUT2D eigenvalue weighted by Crippen LogP contribution is 2.24. The summed E-state index contributed by atoms with van der Waals surface area (Å²) < 4.78 is 1.03.